The molecule has 0 bridgehead atoms. The van der Waals surface area contributed by atoms with Gasteiger partial charge in [0.2, 0.25) is 5.91 Å². The quantitative estimate of drug-likeness (QED) is 0.885. The Balaban J connectivity index is 1.50. The van der Waals surface area contributed by atoms with Gasteiger partial charge in [0.1, 0.15) is 0 Å². The van der Waals surface area contributed by atoms with E-state index in [1.54, 1.807) is 0 Å². The van der Waals surface area contributed by atoms with Crippen LogP contribution < -0.4 is 11.1 Å². The van der Waals surface area contributed by atoms with Crippen molar-refractivity contribution in [3.8, 4) is 0 Å². The second kappa shape index (κ2) is 5.57. The molecule has 0 unspecified atom stereocenters. The predicted molar refractivity (Wildman–Crippen MR) is 80.3 cm³/mol. The SMILES string of the molecule is NCC1(C(=O)NC2CCC(c3ccccc3)CC2)CC1. The van der Waals surface area contributed by atoms with Crippen LogP contribution in [0.15, 0.2) is 30.3 Å². The van der Waals surface area contributed by atoms with E-state index >= 15 is 0 Å². The van der Waals surface area contributed by atoms with Crippen LogP contribution in [0.4, 0.5) is 0 Å². The van der Waals surface area contributed by atoms with Gasteiger partial charge >= 0.3 is 0 Å². The van der Waals surface area contributed by atoms with E-state index in [2.05, 4.69) is 35.6 Å². The van der Waals surface area contributed by atoms with E-state index < -0.39 is 0 Å². The Morgan fingerprint density at radius 2 is 1.80 bits per heavy atom. The van der Waals surface area contributed by atoms with Gasteiger partial charge in [-0.3, -0.25) is 4.79 Å². The van der Waals surface area contributed by atoms with E-state index in [0.29, 0.717) is 18.5 Å². The fourth-order valence-electron chi connectivity index (χ4n) is 3.31. The number of nitrogens with one attached hydrogen (secondary N) is 1. The monoisotopic (exact) mass is 272 g/mol. The van der Waals surface area contributed by atoms with E-state index in [1.165, 1.54) is 18.4 Å². The zero-order valence-electron chi connectivity index (χ0n) is 12.0. The lowest BCUT2D eigenvalue weighted by atomic mass is 9.81. The highest BCUT2D eigenvalue weighted by molar-refractivity contribution is 5.85. The summed E-state index contributed by atoms with van der Waals surface area (Å²) in [5.74, 6) is 0.858. The van der Waals surface area contributed by atoms with E-state index in [1.807, 2.05) is 0 Å². The molecule has 0 radical (unpaired) electrons. The maximum Gasteiger partial charge on any atom is 0.227 e. The fourth-order valence-corrected chi connectivity index (χ4v) is 3.31. The highest BCUT2D eigenvalue weighted by Gasteiger charge is 2.49. The van der Waals surface area contributed by atoms with Gasteiger partial charge in [0, 0.05) is 12.6 Å². The lowest BCUT2D eigenvalue weighted by Crippen LogP contribution is -2.43. The maximum atomic E-state index is 12.2. The van der Waals surface area contributed by atoms with Crippen LogP contribution in [0.2, 0.25) is 0 Å². The topological polar surface area (TPSA) is 55.1 Å². The third-order valence-corrected chi connectivity index (χ3v) is 5.06. The number of benzene rings is 1. The largest absolute Gasteiger partial charge is 0.353 e. The van der Waals surface area contributed by atoms with E-state index in [-0.39, 0.29) is 11.3 Å². The molecule has 0 aliphatic heterocycles. The number of carbonyl (C=O) groups excluding carboxylic acids is 1. The van der Waals surface area contributed by atoms with Crippen molar-refractivity contribution < 1.29 is 4.79 Å². The molecule has 108 valence electrons. The molecule has 0 heterocycles. The Hall–Kier alpha value is -1.35. The first kappa shape index (κ1) is 13.6. The van der Waals surface area contributed by atoms with Crippen LogP contribution in [0.1, 0.15) is 50.0 Å². The lowest BCUT2D eigenvalue weighted by Gasteiger charge is -2.30. The summed E-state index contributed by atoms with van der Waals surface area (Å²) in [5.41, 5.74) is 6.94. The number of carbonyl (C=O) groups is 1. The maximum absolute atomic E-state index is 12.2. The minimum absolute atomic E-state index is 0.197. The summed E-state index contributed by atoms with van der Waals surface area (Å²) in [6, 6.07) is 11.1. The Morgan fingerprint density at radius 3 is 2.35 bits per heavy atom. The molecule has 2 aliphatic carbocycles. The van der Waals surface area contributed by atoms with Crippen molar-refractivity contribution in [1.29, 1.82) is 0 Å². The molecule has 0 saturated heterocycles. The highest BCUT2D eigenvalue weighted by atomic mass is 16.2. The first-order chi connectivity index (χ1) is 9.73. The van der Waals surface area contributed by atoms with Gasteiger partial charge in [0.05, 0.1) is 5.41 Å². The van der Waals surface area contributed by atoms with Crippen LogP contribution in [0.25, 0.3) is 0 Å². The van der Waals surface area contributed by atoms with Gasteiger partial charge < -0.3 is 11.1 Å². The summed E-state index contributed by atoms with van der Waals surface area (Å²) in [5, 5.41) is 3.23. The summed E-state index contributed by atoms with van der Waals surface area (Å²) in [7, 11) is 0. The second-order valence-corrected chi connectivity index (χ2v) is 6.42. The molecule has 0 spiro atoms. The summed E-state index contributed by atoms with van der Waals surface area (Å²) < 4.78 is 0. The van der Waals surface area contributed by atoms with Crippen LogP contribution in [0.3, 0.4) is 0 Å². The van der Waals surface area contributed by atoms with Gasteiger partial charge in [-0.1, -0.05) is 30.3 Å². The zero-order chi connectivity index (χ0) is 14.0. The molecule has 0 aromatic heterocycles. The lowest BCUT2D eigenvalue weighted by molar-refractivity contribution is -0.126. The molecule has 0 atom stereocenters. The molecule has 3 N–H and O–H groups in total. The average molecular weight is 272 g/mol. The predicted octanol–water partition coefficient (Wildman–Crippen LogP) is 2.57. The van der Waals surface area contributed by atoms with E-state index in [9.17, 15) is 4.79 Å². The van der Waals surface area contributed by atoms with Gasteiger partial charge in [0.25, 0.3) is 0 Å². The van der Waals surface area contributed by atoms with Gasteiger partial charge in [-0.25, -0.2) is 0 Å². The zero-order valence-corrected chi connectivity index (χ0v) is 12.0. The third kappa shape index (κ3) is 2.73. The normalized spacial score (nSPS) is 27.9. The van der Waals surface area contributed by atoms with Crippen molar-refractivity contribution in [2.45, 2.75) is 50.5 Å². The summed E-state index contributed by atoms with van der Waals surface area (Å²) in [6.45, 7) is 0.498. The Bertz CT molecular complexity index is 459. The van der Waals surface area contributed by atoms with Gasteiger partial charge in [-0.15, -0.1) is 0 Å². The van der Waals surface area contributed by atoms with E-state index in [4.69, 9.17) is 5.73 Å². The molecule has 20 heavy (non-hydrogen) atoms. The molecule has 2 aliphatic rings. The molecule has 1 amide bonds. The van der Waals surface area contributed by atoms with Crippen LogP contribution >= 0.6 is 0 Å². The van der Waals surface area contributed by atoms with Crippen LogP contribution in [0.5, 0.6) is 0 Å². The van der Waals surface area contributed by atoms with Gasteiger partial charge in [0.15, 0.2) is 0 Å². The number of amides is 1. The molecular formula is C17H24N2O. The fraction of sp³-hybridized carbons (Fsp3) is 0.588. The molecular weight excluding hydrogens is 248 g/mol. The van der Waals surface area contributed by atoms with Crippen LogP contribution in [0, 0.1) is 5.41 Å². The van der Waals surface area contributed by atoms with E-state index in [0.717, 1.165) is 25.7 Å². The van der Waals surface area contributed by atoms with Gasteiger partial charge in [-0.05, 0) is 50.0 Å². The molecule has 2 saturated carbocycles. The van der Waals surface area contributed by atoms with Crippen molar-refractivity contribution in [2.75, 3.05) is 6.54 Å². The minimum atomic E-state index is -0.212. The Kier molecular flexibility index (Phi) is 3.79. The number of nitrogens with two attached hydrogens (primary N) is 1. The molecule has 3 nitrogen and oxygen atoms in total. The first-order valence-corrected chi connectivity index (χ1v) is 7.79. The van der Waals surface area contributed by atoms with Crippen molar-refractivity contribution in [3.63, 3.8) is 0 Å². The number of hydrogen-bond donors (Lipinski definition) is 2. The first-order valence-electron chi connectivity index (χ1n) is 7.79. The summed E-state index contributed by atoms with van der Waals surface area (Å²) >= 11 is 0. The van der Waals surface area contributed by atoms with Crippen molar-refractivity contribution in [1.82, 2.24) is 5.32 Å². The van der Waals surface area contributed by atoms with Crippen molar-refractivity contribution >= 4 is 5.91 Å². The number of rotatable bonds is 4. The number of hydrogen-bond acceptors (Lipinski definition) is 2. The third-order valence-electron chi connectivity index (χ3n) is 5.06. The summed E-state index contributed by atoms with van der Waals surface area (Å²) in [4.78, 5) is 12.2. The van der Waals surface area contributed by atoms with Crippen molar-refractivity contribution in [2.24, 2.45) is 11.1 Å². The molecule has 3 rings (SSSR count). The summed E-state index contributed by atoms with van der Waals surface area (Å²) in [6.07, 6.45) is 6.45. The standard InChI is InChI=1S/C17H24N2O/c18-12-17(10-11-17)16(20)19-15-8-6-14(7-9-15)13-4-2-1-3-5-13/h1-5,14-15H,6-12,18H2,(H,19,20). The van der Waals surface area contributed by atoms with Gasteiger partial charge in [-0.2, -0.15) is 0 Å². The Morgan fingerprint density at radius 1 is 1.15 bits per heavy atom. The van der Waals surface area contributed by atoms with Crippen LogP contribution in [-0.2, 0) is 4.79 Å². The molecule has 1 aromatic rings. The second-order valence-electron chi connectivity index (χ2n) is 6.42. The molecule has 3 heteroatoms. The minimum Gasteiger partial charge on any atom is -0.353 e. The van der Waals surface area contributed by atoms with Crippen molar-refractivity contribution in [3.05, 3.63) is 35.9 Å². The average Bonchev–Trinajstić information content (AvgIpc) is 3.30. The Labute approximate surface area is 120 Å². The molecule has 2 fully saturated rings. The smallest absolute Gasteiger partial charge is 0.227 e. The molecule has 1 aromatic carbocycles. The van der Waals surface area contributed by atoms with Crippen LogP contribution in [-0.4, -0.2) is 18.5 Å². The highest BCUT2D eigenvalue weighted by Crippen LogP contribution is 2.45.